The van der Waals surface area contributed by atoms with E-state index in [1.807, 2.05) is 0 Å². The van der Waals surface area contributed by atoms with Crippen molar-refractivity contribution in [3.05, 3.63) is 189 Å². The Bertz CT molecular complexity index is 4280. The number of nitrogens with zero attached hydrogens (tertiary/aromatic N) is 1. The van der Waals surface area contributed by atoms with Gasteiger partial charge in [-0.1, -0.05) is 72.8 Å². The van der Waals surface area contributed by atoms with Crippen LogP contribution in [0.4, 0.5) is 0 Å². The van der Waals surface area contributed by atoms with E-state index in [0.29, 0.717) is 64.0 Å². The zero-order chi connectivity index (χ0) is 77.1. The van der Waals surface area contributed by atoms with Crippen LogP contribution < -0.4 is 70.2 Å². The second-order valence-electron chi connectivity index (χ2n) is 26.5. The number of ether oxygens (including phenoxy) is 2. The summed E-state index contributed by atoms with van der Waals surface area (Å²) in [6, 6.07) is 25.3. The van der Waals surface area contributed by atoms with Gasteiger partial charge in [-0.25, -0.2) is 4.79 Å². The first-order valence-corrected chi connectivity index (χ1v) is 35.0. The SMILES string of the molecule is COc1ccc(C[C@@H](NC(=O)CCc2ccc(O)cc2)C(=O)N[C@@H](Cc2ccccc2)C(=O)N[C@@H](CCC(N)=O)C(=O)N[C@@H](CC(N)=O)C(=O)N[C@@H](CCCNC(=N)N)C(=O)N2CCC[C@H]2C(=O)N[C@@H](CCCCNC(=O)c2ccc3c(c2)C(=O)OC32c3ccc(O)cc3Cc3cc(O)ccc32)C(N)=O)cc1. The van der Waals surface area contributed by atoms with Crippen LogP contribution in [-0.4, -0.2) is 166 Å². The number of nitrogens with two attached hydrogens (primary N) is 4. The number of hydrogen-bond acceptors (Lipinski definition) is 18. The molecule has 0 radical (unpaired) electrons. The molecule has 9 rings (SSSR count). The van der Waals surface area contributed by atoms with Gasteiger partial charge in [0, 0.05) is 67.6 Å². The Labute approximate surface area is 615 Å². The molecule has 7 atom stereocenters. The maximum absolute atomic E-state index is 14.8. The third-order valence-electron chi connectivity index (χ3n) is 18.8. The van der Waals surface area contributed by atoms with Crippen molar-refractivity contribution in [1.29, 1.82) is 5.41 Å². The smallest absolute Gasteiger partial charge is 0.340 e. The van der Waals surface area contributed by atoms with Crippen molar-refractivity contribution < 1.29 is 82.3 Å². The average molecular weight is 1470 g/mol. The van der Waals surface area contributed by atoms with E-state index in [-0.39, 0.29) is 106 Å². The molecule has 0 bridgehead atoms. The Morgan fingerprint density at radius 1 is 0.570 bits per heavy atom. The van der Waals surface area contributed by atoms with Gasteiger partial charge in [0.05, 0.1) is 19.1 Å². The van der Waals surface area contributed by atoms with Gasteiger partial charge in [0.1, 0.15) is 65.3 Å². The molecule has 564 valence electrons. The molecule has 6 aromatic rings. The first-order valence-electron chi connectivity index (χ1n) is 35.0. The van der Waals surface area contributed by atoms with Crippen molar-refractivity contribution in [2.45, 2.75) is 144 Å². The predicted molar refractivity (Wildman–Crippen MR) is 387 cm³/mol. The highest BCUT2D eigenvalue weighted by molar-refractivity contribution is 6.02. The number of methoxy groups -OCH3 is 1. The molecule has 107 heavy (non-hydrogen) atoms. The summed E-state index contributed by atoms with van der Waals surface area (Å²) < 4.78 is 11.5. The zero-order valence-electron chi connectivity index (χ0n) is 58.8. The van der Waals surface area contributed by atoms with E-state index in [2.05, 4.69) is 42.5 Å². The molecule has 0 unspecified atom stereocenters. The summed E-state index contributed by atoms with van der Waals surface area (Å²) in [6.07, 6.45) is -0.702. The van der Waals surface area contributed by atoms with Gasteiger partial charge in [-0.2, -0.15) is 0 Å². The van der Waals surface area contributed by atoms with Crippen molar-refractivity contribution in [3.63, 3.8) is 0 Å². The number of primary amides is 3. The number of phenols is 3. The average Bonchev–Trinajstić information content (AvgIpc) is 1.60. The quantitative estimate of drug-likeness (QED) is 0.0113. The van der Waals surface area contributed by atoms with Gasteiger partial charge in [-0.3, -0.25) is 58.1 Å². The predicted octanol–water partition coefficient (Wildman–Crippen LogP) is 0.986. The molecule has 1 spiro atoms. The van der Waals surface area contributed by atoms with E-state index in [9.17, 15) is 72.9 Å². The van der Waals surface area contributed by atoms with Crippen LogP contribution in [0, 0.1) is 5.41 Å². The number of benzene rings is 6. The highest BCUT2D eigenvalue weighted by Gasteiger charge is 2.53. The number of guanidine groups is 1. The number of rotatable bonds is 36. The number of phenolic OH excluding ortho intramolecular Hbond substituents is 3. The van der Waals surface area contributed by atoms with Crippen molar-refractivity contribution in [3.8, 4) is 23.0 Å². The number of carbonyl (C=O) groups excluding carboxylic acids is 12. The van der Waals surface area contributed by atoms with Crippen LogP contribution in [0.1, 0.15) is 136 Å². The molecule has 1 saturated heterocycles. The van der Waals surface area contributed by atoms with Crippen LogP contribution in [0.2, 0.25) is 0 Å². The molecule has 1 aliphatic carbocycles. The molecule has 11 amide bonds. The normalized spacial score (nSPS) is 15.3. The van der Waals surface area contributed by atoms with Crippen LogP contribution in [0.3, 0.4) is 0 Å². The van der Waals surface area contributed by atoms with Crippen LogP contribution in [0.5, 0.6) is 23.0 Å². The third-order valence-corrected chi connectivity index (χ3v) is 18.8. The Morgan fingerprint density at radius 3 is 1.76 bits per heavy atom. The Hall–Kier alpha value is -12.6. The molecule has 0 aromatic heterocycles. The van der Waals surface area contributed by atoms with Crippen LogP contribution in [0.25, 0.3) is 0 Å². The molecular formula is C76H88N14O17. The Balaban J connectivity index is 0.839. The van der Waals surface area contributed by atoms with Gasteiger partial charge >= 0.3 is 5.97 Å². The topological polar surface area (TPSA) is 511 Å². The number of unbranched alkanes of at least 4 members (excludes halogenated alkanes) is 1. The van der Waals surface area contributed by atoms with Gasteiger partial charge in [0.15, 0.2) is 11.6 Å². The van der Waals surface area contributed by atoms with Gasteiger partial charge in [-0.05, 0) is 153 Å². The molecule has 31 nitrogen and oxygen atoms in total. The summed E-state index contributed by atoms with van der Waals surface area (Å²) in [5.41, 5.74) is 26.3. The lowest BCUT2D eigenvalue weighted by molar-refractivity contribution is -0.142. The van der Waals surface area contributed by atoms with Crippen molar-refractivity contribution in [2.75, 3.05) is 26.7 Å². The first kappa shape index (κ1) is 78.6. The molecule has 2 heterocycles. The lowest BCUT2D eigenvalue weighted by Gasteiger charge is -2.37. The monoisotopic (exact) mass is 1470 g/mol. The zero-order valence-corrected chi connectivity index (χ0v) is 58.8. The molecule has 31 heteroatoms. The molecule has 1 fully saturated rings. The van der Waals surface area contributed by atoms with Crippen LogP contribution in [-0.2, 0) is 84.0 Å². The second kappa shape index (κ2) is 36.2. The minimum absolute atomic E-state index is 0.00461. The largest absolute Gasteiger partial charge is 0.508 e. The van der Waals surface area contributed by atoms with E-state index in [0.717, 1.165) is 5.56 Å². The van der Waals surface area contributed by atoms with Crippen LogP contribution in [0.15, 0.2) is 133 Å². The molecule has 6 aromatic carbocycles. The summed E-state index contributed by atoms with van der Waals surface area (Å²) in [7, 11) is 1.48. The molecule has 3 aliphatic rings. The molecule has 2 aliphatic heterocycles. The highest BCUT2D eigenvalue weighted by Crippen LogP contribution is 2.53. The lowest BCUT2D eigenvalue weighted by Crippen LogP contribution is -2.60. The van der Waals surface area contributed by atoms with Gasteiger partial charge in [0.25, 0.3) is 5.91 Å². The van der Waals surface area contributed by atoms with Gasteiger partial charge in [-0.15, -0.1) is 0 Å². The summed E-state index contributed by atoms with van der Waals surface area (Å²) in [5.74, 6) is -10.0. The summed E-state index contributed by atoms with van der Waals surface area (Å²) in [5, 5.41) is 59.3. The fourth-order valence-corrected chi connectivity index (χ4v) is 13.4. The van der Waals surface area contributed by atoms with Crippen LogP contribution >= 0.6 is 0 Å². The highest BCUT2D eigenvalue weighted by atomic mass is 16.6. The Morgan fingerprint density at radius 2 is 1.13 bits per heavy atom. The van der Waals surface area contributed by atoms with Crippen molar-refractivity contribution in [1.82, 2.24) is 47.4 Å². The van der Waals surface area contributed by atoms with E-state index < -0.39 is 144 Å². The maximum Gasteiger partial charge on any atom is 0.340 e. The van der Waals surface area contributed by atoms with Gasteiger partial charge < -0.3 is 95.2 Å². The minimum Gasteiger partial charge on any atom is -0.508 e. The van der Waals surface area contributed by atoms with E-state index >= 15 is 0 Å². The number of carbonyl (C=O) groups is 12. The molecule has 20 N–H and O–H groups in total. The molecular weight excluding hydrogens is 1380 g/mol. The minimum atomic E-state index is -1.86. The van der Waals surface area contributed by atoms with E-state index in [1.165, 1.54) is 42.3 Å². The number of nitrogens with one attached hydrogen (secondary N) is 9. The summed E-state index contributed by atoms with van der Waals surface area (Å²) >= 11 is 0. The number of aromatic hydroxyl groups is 3. The number of likely N-dealkylation sites (tertiary alicyclic amines) is 1. The lowest BCUT2D eigenvalue weighted by atomic mass is 9.71. The number of amides is 11. The van der Waals surface area contributed by atoms with Gasteiger partial charge in [0.2, 0.25) is 59.1 Å². The number of esters is 1. The first-order chi connectivity index (χ1) is 51.2. The van der Waals surface area contributed by atoms with Crippen molar-refractivity contribution in [2.24, 2.45) is 22.9 Å². The fourth-order valence-electron chi connectivity index (χ4n) is 13.4. The maximum atomic E-state index is 14.8. The summed E-state index contributed by atoms with van der Waals surface area (Å²) in [6.45, 7) is 0.111. The standard InChI is InChI=1S/C76H88N14O17/c1-106-51-24-16-44(17-25-51)36-59(84-65(96)31-18-42-14-20-48(91)21-15-42)69(100)88-60(35-43-9-3-2-4-10-43)70(101)86-57(29-30-63(77)94)68(99)89-61(41-64(78)95)71(102)87-58(12-7-33-83-75(80)81)73(104)90-34-8-13-62(90)72(103)85-56(66(79)97)11-5-6-32-82-67(98)45-19-26-55-52(40-45)74(105)107-76(55)53-27-22-49(92)38-46(53)37-47-39-50(93)23-28-54(47)76/h2-4,9-10,14-17,19-28,38-40,56-62,91-93H,5-8,11-13,18,29-37,41H2,1H3,(H2,77,94)(H2,78,95)(H2,79,97)(H,82,98)(H,84,96)(H,85,103)(H,86,101)(H,87,102)(H,88,100)(H,89,99)(H4,80,81,83)/t56-,57-,58-,59+,60-,61-,62-/m0/s1. The third kappa shape index (κ3) is 20.7. The molecule has 0 saturated carbocycles. The number of aryl methyl sites for hydroxylation is 1. The number of hydrogen-bond donors (Lipinski definition) is 16. The second-order valence-corrected chi connectivity index (χ2v) is 26.5. The van der Waals surface area contributed by atoms with Crippen molar-refractivity contribution >= 4 is 76.9 Å². The Kier molecular flexibility index (Phi) is 26.6. The van der Waals surface area contributed by atoms with E-state index in [4.69, 9.17) is 37.8 Å². The van der Waals surface area contributed by atoms with E-state index in [1.54, 1.807) is 103 Å². The summed E-state index contributed by atoms with van der Waals surface area (Å²) in [4.78, 5) is 167. The number of fused-ring (bicyclic) bond motifs is 6. The fraction of sp³-hybridized carbons (Fsp3) is 0.355.